The monoisotopic (exact) mass is 292 g/mol. The topological polar surface area (TPSA) is 96.2 Å². The molecule has 0 saturated heterocycles. The molecular weight excluding hydrogens is 273 g/mol. The van der Waals surface area contributed by atoms with Gasteiger partial charge in [-0.25, -0.2) is 4.57 Å². The fraction of sp³-hybridized carbons (Fsp3) is 0.778. The second-order valence-corrected chi connectivity index (χ2v) is 3.89. The first-order valence-electron chi connectivity index (χ1n) is 5.08. The number of ether oxygens (including phenoxy) is 2. The first kappa shape index (κ1) is 20.0. The molecule has 3 N–H and O–H groups in total. The van der Waals surface area contributed by atoms with Crippen LogP contribution in [0.1, 0.15) is 6.42 Å². The summed E-state index contributed by atoms with van der Waals surface area (Å²) in [5.41, 5.74) is 0. The normalized spacial score (nSPS) is 12.5. The molecule has 0 bridgehead atoms. The summed E-state index contributed by atoms with van der Waals surface area (Å²) < 4.78 is 38.7. The SMILES string of the molecule is C=CCC(O)COCCOCCO.O=P(O)(F)F. The van der Waals surface area contributed by atoms with E-state index in [9.17, 15) is 13.5 Å². The molecule has 0 amide bonds. The van der Waals surface area contributed by atoms with E-state index >= 15 is 0 Å². The second kappa shape index (κ2) is 13.1. The van der Waals surface area contributed by atoms with E-state index in [0.29, 0.717) is 32.8 Å². The fourth-order valence-electron chi connectivity index (χ4n) is 0.764. The van der Waals surface area contributed by atoms with Crippen LogP contribution in [0, 0.1) is 0 Å². The summed E-state index contributed by atoms with van der Waals surface area (Å²) in [6, 6.07) is 0. The van der Waals surface area contributed by atoms with Crippen LogP contribution in [0.25, 0.3) is 0 Å². The van der Waals surface area contributed by atoms with E-state index in [1.54, 1.807) is 6.08 Å². The van der Waals surface area contributed by atoms with E-state index < -0.39 is 14.1 Å². The van der Waals surface area contributed by atoms with Gasteiger partial charge in [-0.2, -0.15) is 0 Å². The lowest BCUT2D eigenvalue weighted by Gasteiger charge is -2.08. The number of rotatable bonds is 9. The highest BCUT2D eigenvalue weighted by molar-refractivity contribution is 7.46. The molecule has 0 radical (unpaired) electrons. The highest BCUT2D eigenvalue weighted by atomic mass is 31.2. The summed E-state index contributed by atoms with van der Waals surface area (Å²) in [6.07, 6.45) is 1.71. The van der Waals surface area contributed by atoms with Gasteiger partial charge in [0.2, 0.25) is 0 Å². The standard InChI is InChI=1S/C9H18O4.F2HO2P/c1-2-3-9(11)8-13-7-6-12-5-4-10;1-5(2,3)4/h2,9-11H,1,3-8H2;(H,3,4). The molecule has 6 nitrogen and oxygen atoms in total. The molecule has 0 aromatic carbocycles. The number of aliphatic hydroxyl groups is 2. The van der Waals surface area contributed by atoms with Crippen LogP contribution in [-0.2, 0) is 14.0 Å². The van der Waals surface area contributed by atoms with Crippen molar-refractivity contribution < 1.29 is 37.5 Å². The van der Waals surface area contributed by atoms with Crippen molar-refractivity contribution in [3.05, 3.63) is 12.7 Å². The van der Waals surface area contributed by atoms with E-state index in [4.69, 9.17) is 24.0 Å². The quantitative estimate of drug-likeness (QED) is 0.333. The van der Waals surface area contributed by atoms with Crippen molar-refractivity contribution in [3.8, 4) is 0 Å². The molecule has 110 valence electrons. The highest BCUT2D eigenvalue weighted by Crippen LogP contribution is 2.43. The fourth-order valence-corrected chi connectivity index (χ4v) is 0.764. The van der Waals surface area contributed by atoms with Crippen LogP contribution in [0.5, 0.6) is 0 Å². The first-order chi connectivity index (χ1) is 8.31. The lowest BCUT2D eigenvalue weighted by atomic mass is 10.3. The van der Waals surface area contributed by atoms with Gasteiger partial charge in [-0.3, -0.25) is 4.89 Å². The molecule has 0 aliphatic rings. The third kappa shape index (κ3) is 29.6. The molecule has 0 aliphatic heterocycles. The van der Waals surface area contributed by atoms with Crippen LogP contribution in [0.3, 0.4) is 0 Å². The van der Waals surface area contributed by atoms with Crippen molar-refractivity contribution in [2.45, 2.75) is 12.5 Å². The smallest absolute Gasteiger partial charge is 0.394 e. The van der Waals surface area contributed by atoms with Crippen LogP contribution in [-0.4, -0.2) is 54.2 Å². The molecule has 9 heteroatoms. The average Bonchev–Trinajstić information content (AvgIpc) is 2.21. The zero-order valence-electron chi connectivity index (χ0n) is 9.87. The first-order valence-corrected chi connectivity index (χ1v) is 6.52. The van der Waals surface area contributed by atoms with Gasteiger partial charge in [0.25, 0.3) is 0 Å². The van der Waals surface area contributed by atoms with Crippen molar-refractivity contribution in [3.63, 3.8) is 0 Å². The zero-order chi connectivity index (χ0) is 14.4. The minimum absolute atomic E-state index is 0.0269. The van der Waals surface area contributed by atoms with Crippen LogP contribution in [0.15, 0.2) is 12.7 Å². The summed E-state index contributed by atoms with van der Waals surface area (Å²) in [4.78, 5) is 6.74. The minimum Gasteiger partial charge on any atom is -0.394 e. The van der Waals surface area contributed by atoms with Gasteiger partial charge in [-0.05, 0) is 6.42 Å². The Balaban J connectivity index is 0. The number of hydrogen-bond donors (Lipinski definition) is 3. The highest BCUT2D eigenvalue weighted by Gasteiger charge is 2.09. The summed E-state index contributed by atoms with van der Waals surface area (Å²) in [6.45, 7) is 5.04. The van der Waals surface area contributed by atoms with Gasteiger partial charge < -0.3 is 19.7 Å². The Morgan fingerprint density at radius 1 is 1.28 bits per heavy atom. The number of hydrogen-bond acceptors (Lipinski definition) is 5. The molecule has 0 rings (SSSR count). The largest absolute Gasteiger partial charge is 0.549 e. The zero-order valence-corrected chi connectivity index (χ0v) is 10.8. The van der Waals surface area contributed by atoms with E-state index in [-0.39, 0.29) is 6.61 Å². The van der Waals surface area contributed by atoms with Crippen molar-refractivity contribution in [1.29, 1.82) is 0 Å². The summed E-state index contributed by atoms with van der Waals surface area (Å²) in [7, 11) is -5.64. The Hall–Kier alpha value is -0.370. The molecule has 0 saturated carbocycles. The maximum atomic E-state index is 10.1. The third-order valence-corrected chi connectivity index (χ3v) is 1.36. The molecule has 0 aromatic rings. The lowest BCUT2D eigenvalue weighted by Crippen LogP contribution is -2.16. The Morgan fingerprint density at radius 3 is 2.22 bits per heavy atom. The number of aliphatic hydroxyl groups excluding tert-OH is 2. The summed E-state index contributed by atoms with van der Waals surface area (Å²) in [5, 5.41) is 17.5. The van der Waals surface area contributed by atoms with Crippen LogP contribution < -0.4 is 0 Å². The predicted octanol–water partition coefficient (Wildman–Crippen LogP) is 0.975. The van der Waals surface area contributed by atoms with Crippen molar-refractivity contribution >= 4 is 7.99 Å². The Kier molecular flexibility index (Phi) is 14.5. The van der Waals surface area contributed by atoms with Gasteiger partial charge in [-0.1, -0.05) is 6.08 Å². The molecule has 18 heavy (non-hydrogen) atoms. The van der Waals surface area contributed by atoms with Crippen molar-refractivity contribution in [2.24, 2.45) is 0 Å². The van der Waals surface area contributed by atoms with Gasteiger partial charge in [0, 0.05) is 0 Å². The Morgan fingerprint density at radius 2 is 1.78 bits per heavy atom. The van der Waals surface area contributed by atoms with Crippen LogP contribution >= 0.6 is 7.99 Å². The Labute approximate surface area is 105 Å². The van der Waals surface area contributed by atoms with E-state index in [1.807, 2.05) is 0 Å². The summed E-state index contributed by atoms with van der Waals surface area (Å²) >= 11 is 0. The molecular formula is C9H19F2O6P. The Bertz CT molecular complexity index is 227. The maximum Gasteiger partial charge on any atom is 0.549 e. The third-order valence-electron chi connectivity index (χ3n) is 1.36. The minimum atomic E-state index is -5.64. The van der Waals surface area contributed by atoms with E-state index in [2.05, 4.69) is 6.58 Å². The van der Waals surface area contributed by atoms with Gasteiger partial charge in [-0.15, -0.1) is 15.0 Å². The van der Waals surface area contributed by atoms with E-state index in [1.165, 1.54) is 0 Å². The predicted molar refractivity (Wildman–Crippen MR) is 61.6 cm³/mol. The van der Waals surface area contributed by atoms with Crippen molar-refractivity contribution in [2.75, 3.05) is 33.0 Å². The molecule has 0 fully saturated rings. The maximum absolute atomic E-state index is 10.1. The average molecular weight is 292 g/mol. The molecule has 1 unspecified atom stereocenters. The van der Waals surface area contributed by atoms with Crippen LogP contribution in [0.2, 0.25) is 0 Å². The molecule has 0 aliphatic carbocycles. The molecule has 0 aromatic heterocycles. The molecule has 0 heterocycles. The summed E-state index contributed by atoms with van der Waals surface area (Å²) in [5.74, 6) is 0. The number of halogens is 2. The second-order valence-electron chi connectivity index (χ2n) is 3.02. The van der Waals surface area contributed by atoms with Gasteiger partial charge in [0.1, 0.15) is 0 Å². The van der Waals surface area contributed by atoms with E-state index in [0.717, 1.165) is 0 Å². The molecule has 1 atom stereocenters. The van der Waals surface area contributed by atoms with Gasteiger partial charge in [0.15, 0.2) is 0 Å². The lowest BCUT2D eigenvalue weighted by molar-refractivity contribution is -0.000995. The van der Waals surface area contributed by atoms with Crippen LogP contribution in [0.4, 0.5) is 8.39 Å². The van der Waals surface area contributed by atoms with Gasteiger partial charge >= 0.3 is 7.99 Å². The molecule has 0 spiro atoms. The van der Waals surface area contributed by atoms with Crippen molar-refractivity contribution in [1.82, 2.24) is 0 Å². The van der Waals surface area contributed by atoms with Gasteiger partial charge in [0.05, 0.1) is 39.1 Å².